The van der Waals surface area contributed by atoms with Crippen molar-refractivity contribution in [1.82, 2.24) is 20.4 Å². The van der Waals surface area contributed by atoms with E-state index < -0.39 is 6.17 Å². The Kier molecular flexibility index (Phi) is 5.33. The first-order valence-electron chi connectivity index (χ1n) is 12.1. The molecule has 0 aromatic rings. The molecule has 2 N–H and O–H groups in total. The van der Waals surface area contributed by atoms with Crippen molar-refractivity contribution in [2.24, 2.45) is 11.8 Å². The summed E-state index contributed by atoms with van der Waals surface area (Å²) in [5, 5.41) is 6.75. The SMILES string of the molecule is CC(=O)N1CCC12CN([C@H]1CCC[C@@H](NC(=O)C3CC4C(F)CCC(C)C4N3)C1)C2. The number of hydrogen-bond donors (Lipinski definition) is 2. The predicted molar refractivity (Wildman–Crippen MR) is 113 cm³/mol. The van der Waals surface area contributed by atoms with Gasteiger partial charge in [0.15, 0.2) is 0 Å². The Morgan fingerprint density at radius 3 is 2.60 bits per heavy atom. The molecule has 3 saturated heterocycles. The number of nitrogens with one attached hydrogen (secondary N) is 2. The minimum absolute atomic E-state index is 0.00687. The lowest BCUT2D eigenvalue weighted by Gasteiger charge is -2.64. The van der Waals surface area contributed by atoms with Crippen LogP contribution < -0.4 is 10.6 Å². The van der Waals surface area contributed by atoms with E-state index in [-0.39, 0.29) is 41.4 Å². The molecule has 5 fully saturated rings. The van der Waals surface area contributed by atoms with Crippen molar-refractivity contribution in [2.45, 2.75) is 101 Å². The summed E-state index contributed by atoms with van der Waals surface area (Å²) in [6, 6.07) is 0.609. The normalized spacial score (nSPS) is 42.9. The topological polar surface area (TPSA) is 64.7 Å². The molecule has 2 aliphatic carbocycles. The molecule has 3 heterocycles. The molecule has 5 unspecified atom stereocenters. The molecule has 5 rings (SSSR count). The maximum Gasteiger partial charge on any atom is 0.237 e. The van der Waals surface area contributed by atoms with Crippen LogP contribution >= 0.6 is 0 Å². The highest BCUT2D eigenvalue weighted by molar-refractivity contribution is 5.82. The molecule has 168 valence electrons. The highest BCUT2D eigenvalue weighted by Gasteiger charge is 2.56. The molecule has 2 amide bonds. The molecule has 2 saturated carbocycles. The molecule has 0 radical (unpaired) electrons. The van der Waals surface area contributed by atoms with Crippen LogP contribution in [0.2, 0.25) is 0 Å². The highest BCUT2D eigenvalue weighted by atomic mass is 19.1. The van der Waals surface area contributed by atoms with Gasteiger partial charge in [-0.3, -0.25) is 14.5 Å². The average Bonchev–Trinajstić information content (AvgIpc) is 3.10. The number of halogens is 1. The Morgan fingerprint density at radius 1 is 1.13 bits per heavy atom. The second-order valence-electron chi connectivity index (χ2n) is 10.8. The number of carbonyl (C=O) groups is 2. The summed E-state index contributed by atoms with van der Waals surface area (Å²) < 4.78 is 14.4. The first kappa shape index (κ1) is 20.7. The summed E-state index contributed by atoms with van der Waals surface area (Å²) in [7, 11) is 0. The molecular formula is C23H37FN4O2. The van der Waals surface area contributed by atoms with Gasteiger partial charge >= 0.3 is 0 Å². The average molecular weight is 421 g/mol. The van der Waals surface area contributed by atoms with Crippen molar-refractivity contribution in [3.8, 4) is 0 Å². The van der Waals surface area contributed by atoms with E-state index in [9.17, 15) is 14.0 Å². The van der Waals surface area contributed by atoms with Crippen LogP contribution in [0, 0.1) is 11.8 Å². The summed E-state index contributed by atoms with van der Waals surface area (Å²) in [6.07, 6.45) is 6.86. The highest BCUT2D eigenvalue weighted by Crippen LogP contribution is 2.42. The van der Waals surface area contributed by atoms with Gasteiger partial charge in [-0.15, -0.1) is 0 Å². The Balaban J connectivity index is 1.12. The van der Waals surface area contributed by atoms with E-state index in [1.165, 1.54) is 6.42 Å². The fraction of sp³-hybridized carbons (Fsp3) is 0.913. The van der Waals surface area contributed by atoms with Crippen molar-refractivity contribution in [1.29, 1.82) is 0 Å². The third kappa shape index (κ3) is 3.46. The summed E-state index contributed by atoms with van der Waals surface area (Å²) >= 11 is 0. The zero-order valence-electron chi connectivity index (χ0n) is 18.4. The molecule has 1 spiro atoms. The number of carbonyl (C=O) groups excluding carboxylic acids is 2. The van der Waals surface area contributed by atoms with E-state index in [0.29, 0.717) is 24.8 Å². The molecule has 30 heavy (non-hydrogen) atoms. The van der Waals surface area contributed by atoms with Gasteiger partial charge in [0.2, 0.25) is 11.8 Å². The molecule has 0 bridgehead atoms. The number of rotatable bonds is 3. The second-order valence-corrected chi connectivity index (χ2v) is 10.8. The number of likely N-dealkylation sites (tertiary alicyclic amines) is 2. The van der Waals surface area contributed by atoms with Crippen molar-refractivity contribution >= 4 is 11.8 Å². The van der Waals surface area contributed by atoms with Crippen LogP contribution in [-0.2, 0) is 9.59 Å². The largest absolute Gasteiger partial charge is 0.352 e. The van der Waals surface area contributed by atoms with E-state index in [0.717, 1.165) is 51.7 Å². The van der Waals surface area contributed by atoms with Gasteiger partial charge < -0.3 is 15.5 Å². The second kappa shape index (κ2) is 7.73. The van der Waals surface area contributed by atoms with Crippen LogP contribution in [0.15, 0.2) is 0 Å². The number of alkyl halides is 1. The van der Waals surface area contributed by atoms with Gasteiger partial charge in [0.25, 0.3) is 0 Å². The molecule has 3 aliphatic heterocycles. The number of nitrogens with zero attached hydrogens (tertiary/aromatic N) is 2. The molecule has 7 heteroatoms. The summed E-state index contributed by atoms with van der Waals surface area (Å²) in [6.45, 7) is 6.73. The third-order valence-electron chi connectivity index (χ3n) is 8.91. The molecule has 0 aromatic heterocycles. The van der Waals surface area contributed by atoms with E-state index >= 15 is 0 Å². The fourth-order valence-electron chi connectivity index (χ4n) is 7.06. The van der Waals surface area contributed by atoms with Crippen molar-refractivity contribution in [3.63, 3.8) is 0 Å². The molecule has 0 aromatic carbocycles. The minimum Gasteiger partial charge on any atom is -0.352 e. The maximum atomic E-state index is 14.4. The van der Waals surface area contributed by atoms with Gasteiger partial charge in [-0.05, 0) is 57.3 Å². The van der Waals surface area contributed by atoms with Gasteiger partial charge in [0.05, 0.1) is 11.6 Å². The third-order valence-corrected chi connectivity index (χ3v) is 8.91. The van der Waals surface area contributed by atoms with Gasteiger partial charge in [-0.2, -0.15) is 0 Å². The first-order valence-corrected chi connectivity index (χ1v) is 12.1. The summed E-state index contributed by atoms with van der Waals surface area (Å²) in [5.74, 6) is 0.701. The predicted octanol–water partition coefficient (Wildman–Crippen LogP) is 1.84. The smallest absolute Gasteiger partial charge is 0.237 e. The number of fused-ring (bicyclic) bond motifs is 1. The van der Waals surface area contributed by atoms with Crippen LogP contribution in [0.5, 0.6) is 0 Å². The Bertz CT molecular complexity index is 679. The minimum atomic E-state index is -0.768. The fourth-order valence-corrected chi connectivity index (χ4v) is 7.06. The lowest BCUT2D eigenvalue weighted by Crippen LogP contribution is -2.79. The molecule has 7 atom stereocenters. The van der Waals surface area contributed by atoms with E-state index in [2.05, 4.69) is 22.5 Å². The van der Waals surface area contributed by atoms with Crippen LogP contribution in [-0.4, -0.2) is 77.1 Å². The van der Waals surface area contributed by atoms with Crippen molar-refractivity contribution in [3.05, 3.63) is 0 Å². The van der Waals surface area contributed by atoms with Gasteiger partial charge in [-0.1, -0.05) is 6.92 Å². The Morgan fingerprint density at radius 2 is 1.93 bits per heavy atom. The Hall–Kier alpha value is -1.21. The standard InChI is InChI=1S/C23H37FN4O2/c1-14-6-7-19(24)18-11-20(26-21(14)18)22(30)25-16-4-3-5-17(10-16)27-12-23(13-27)8-9-28(23)15(2)29/h14,16-21,26H,3-13H2,1-2H3,(H,25,30)/t14?,16-,17+,18?,19?,20?,21?/m1/s1. The molecule has 6 nitrogen and oxygen atoms in total. The summed E-state index contributed by atoms with van der Waals surface area (Å²) in [4.78, 5) is 29.3. The van der Waals surface area contributed by atoms with Crippen LogP contribution in [0.1, 0.15) is 65.2 Å². The Labute approximate surface area is 179 Å². The van der Waals surface area contributed by atoms with Crippen LogP contribution in [0.3, 0.4) is 0 Å². The lowest BCUT2D eigenvalue weighted by molar-refractivity contribution is -0.170. The quantitative estimate of drug-likeness (QED) is 0.731. The van der Waals surface area contributed by atoms with Gasteiger partial charge in [0, 0.05) is 50.6 Å². The van der Waals surface area contributed by atoms with Gasteiger partial charge in [-0.25, -0.2) is 4.39 Å². The lowest BCUT2D eigenvalue weighted by atomic mass is 9.75. The van der Waals surface area contributed by atoms with Gasteiger partial charge in [0.1, 0.15) is 6.17 Å². The zero-order chi connectivity index (χ0) is 21.0. The first-order chi connectivity index (χ1) is 14.4. The van der Waals surface area contributed by atoms with E-state index in [1.807, 2.05) is 4.90 Å². The van der Waals surface area contributed by atoms with Crippen LogP contribution in [0.4, 0.5) is 4.39 Å². The van der Waals surface area contributed by atoms with Crippen LogP contribution in [0.25, 0.3) is 0 Å². The maximum absolute atomic E-state index is 14.4. The monoisotopic (exact) mass is 420 g/mol. The molecular weight excluding hydrogens is 383 g/mol. The number of amides is 2. The number of hydrogen-bond acceptors (Lipinski definition) is 4. The molecule has 5 aliphatic rings. The van der Waals surface area contributed by atoms with E-state index in [4.69, 9.17) is 0 Å². The van der Waals surface area contributed by atoms with E-state index in [1.54, 1.807) is 6.92 Å². The zero-order valence-corrected chi connectivity index (χ0v) is 18.4. The van der Waals surface area contributed by atoms with Crippen molar-refractivity contribution < 1.29 is 14.0 Å². The van der Waals surface area contributed by atoms with Crippen molar-refractivity contribution in [2.75, 3.05) is 19.6 Å². The summed E-state index contributed by atoms with van der Waals surface area (Å²) in [5.41, 5.74) is 0.103.